The number of fused-ring (bicyclic) bond motifs is 2. The molecule has 23 heavy (non-hydrogen) atoms. The number of thiazole rings is 1. The normalized spacial score (nSPS) is 13.7. The molecule has 0 saturated carbocycles. The molecule has 1 aliphatic heterocycles. The minimum Gasteiger partial charge on any atom is -0.482 e. The van der Waals surface area contributed by atoms with Crippen LogP contribution in [0.25, 0.3) is 16.2 Å². The zero-order valence-corrected chi connectivity index (χ0v) is 13.4. The van der Waals surface area contributed by atoms with Crippen LogP contribution >= 0.6 is 11.3 Å². The quantitative estimate of drug-likeness (QED) is 0.772. The minimum absolute atomic E-state index is 0.0635. The topological polar surface area (TPSA) is 81.6 Å². The van der Waals surface area contributed by atoms with Crippen LogP contribution < -0.4 is 15.8 Å². The molecule has 6 nitrogen and oxygen atoms in total. The van der Waals surface area contributed by atoms with Gasteiger partial charge in [-0.1, -0.05) is 0 Å². The molecule has 2 aromatic heterocycles. The summed E-state index contributed by atoms with van der Waals surface area (Å²) in [5, 5.41) is 4.94. The van der Waals surface area contributed by atoms with Gasteiger partial charge in [0.25, 0.3) is 5.91 Å². The van der Waals surface area contributed by atoms with Crippen molar-refractivity contribution < 1.29 is 9.53 Å². The molecule has 3 aromatic rings. The number of rotatable bonds is 3. The van der Waals surface area contributed by atoms with E-state index in [1.54, 1.807) is 11.3 Å². The third-order valence-corrected chi connectivity index (χ3v) is 4.83. The first-order valence-corrected chi connectivity index (χ1v) is 8.28. The van der Waals surface area contributed by atoms with Gasteiger partial charge in [0.1, 0.15) is 5.75 Å². The Hall–Kier alpha value is -2.38. The zero-order valence-electron chi connectivity index (χ0n) is 12.6. The highest BCUT2D eigenvalue weighted by Crippen LogP contribution is 2.34. The lowest BCUT2D eigenvalue weighted by molar-refractivity contribution is -0.118. The van der Waals surface area contributed by atoms with Crippen molar-refractivity contribution in [2.75, 3.05) is 18.5 Å². The summed E-state index contributed by atoms with van der Waals surface area (Å²) in [5.41, 5.74) is 10.5. The Morgan fingerprint density at radius 2 is 2.35 bits per heavy atom. The maximum absolute atomic E-state index is 11.5. The molecule has 0 atom stereocenters. The van der Waals surface area contributed by atoms with Gasteiger partial charge in [-0.3, -0.25) is 9.20 Å². The predicted octanol–water partition coefficient (Wildman–Crippen LogP) is 2.20. The second kappa shape index (κ2) is 5.36. The van der Waals surface area contributed by atoms with Gasteiger partial charge in [0.05, 0.1) is 11.4 Å². The van der Waals surface area contributed by atoms with E-state index in [0.717, 1.165) is 28.3 Å². The average Bonchev–Trinajstić information content (AvgIpc) is 3.08. The lowest BCUT2D eigenvalue weighted by Crippen LogP contribution is -2.25. The van der Waals surface area contributed by atoms with Crippen molar-refractivity contribution in [1.29, 1.82) is 0 Å². The Morgan fingerprint density at radius 1 is 1.48 bits per heavy atom. The number of carbonyl (C=O) groups excluding carboxylic acids is 1. The zero-order chi connectivity index (χ0) is 16.0. The lowest BCUT2D eigenvalue weighted by atomic mass is 10.1. The van der Waals surface area contributed by atoms with E-state index in [9.17, 15) is 4.79 Å². The van der Waals surface area contributed by atoms with Crippen LogP contribution in [0, 0.1) is 6.92 Å². The van der Waals surface area contributed by atoms with E-state index in [4.69, 9.17) is 15.5 Å². The number of hydrogen-bond donors (Lipinski definition) is 2. The van der Waals surface area contributed by atoms with E-state index in [0.29, 0.717) is 18.0 Å². The molecule has 0 bridgehead atoms. The molecule has 0 saturated heterocycles. The fourth-order valence-electron chi connectivity index (χ4n) is 2.89. The Balaban J connectivity index is 1.81. The molecule has 7 heteroatoms. The van der Waals surface area contributed by atoms with Crippen molar-refractivity contribution >= 4 is 27.9 Å². The maximum atomic E-state index is 11.5. The summed E-state index contributed by atoms with van der Waals surface area (Å²) >= 11 is 1.61. The van der Waals surface area contributed by atoms with Gasteiger partial charge in [0.15, 0.2) is 11.6 Å². The summed E-state index contributed by atoms with van der Waals surface area (Å²) < 4.78 is 7.56. The fourth-order valence-corrected chi connectivity index (χ4v) is 3.86. The van der Waals surface area contributed by atoms with E-state index in [1.807, 2.05) is 18.2 Å². The molecule has 118 valence electrons. The number of nitrogens with two attached hydrogens (primary N) is 1. The second-order valence-corrected chi connectivity index (χ2v) is 6.31. The average molecular weight is 328 g/mol. The third kappa shape index (κ3) is 2.29. The van der Waals surface area contributed by atoms with E-state index < -0.39 is 0 Å². The molecule has 1 aliphatic rings. The van der Waals surface area contributed by atoms with Crippen LogP contribution in [0.1, 0.15) is 11.4 Å². The van der Waals surface area contributed by atoms with Gasteiger partial charge in [-0.25, -0.2) is 4.98 Å². The smallest absolute Gasteiger partial charge is 0.262 e. The first-order valence-electron chi connectivity index (χ1n) is 7.40. The molecule has 0 spiro atoms. The maximum Gasteiger partial charge on any atom is 0.262 e. The van der Waals surface area contributed by atoms with E-state index in [2.05, 4.69) is 22.0 Å². The van der Waals surface area contributed by atoms with Crippen LogP contribution in [-0.4, -0.2) is 28.4 Å². The van der Waals surface area contributed by atoms with E-state index in [-0.39, 0.29) is 12.5 Å². The first kappa shape index (κ1) is 14.2. The predicted molar refractivity (Wildman–Crippen MR) is 90.1 cm³/mol. The standard InChI is InChI=1S/C16H16N4O2S/c1-9-15(19-16-20(9)11(4-5-17)8-23-16)10-2-3-13-12(6-10)18-14(21)7-22-13/h2-3,6,8H,4-5,7,17H2,1H3,(H,18,21). The summed E-state index contributed by atoms with van der Waals surface area (Å²) in [6.45, 7) is 2.73. The number of nitrogens with one attached hydrogen (secondary N) is 1. The largest absolute Gasteiger partial charge is 0.482 e. The molecule has 4 rings (SSSR count). The van der Waals surface area contributed by atoms with Gasteiger partial charge in [0.2, 0.25) is 0 Å². The Bertz CT molecular complexity index is 912. The Morgan fingerprint density at radius 3 is 3.17 bits per heavy atom. The van der Waals surface area contributed by atoms with Gasteiger partial charge < -0.3 is 15.8 Å². The first-order chi connectivity index (χ1) is 11.2. The number of nitrogens with zero attached hydrogens (tertiary/aromatic N) is 2. The van der Waals surface area contributed by atoms with Gasteiger partial charge in [0, 0.05) is 28.8 Å². The Kier molecular flexibility index (Phi) is 3.32. The highest BCUT2D eigenvalue weighted by atomic mass is 32.1. The van der Waals surface area contributed by atoms with Crippen molar-refractivity contribution in [3.8, 4) is 17.0 Å². The number of amides is 1. The molecule has 3 heterocycles. The van der Waals surface area contributed by atoms with E-state index in [1.165, 1.54) is 5.69 Å². The molecule has 1 aromatic carbocycles. The number of imidazole rings is 1. The number of benzene rings is 1. The minimum atomic E-state index is -0.137. The molecule has 1 amide bonds. The summed E-state index contributed by atoms with van der Waals surface area (Å²) in [6.07, 6.45) is 0.824. The van der Waals surface area contributed by atoms with Crippen LogP contribution in [0.4, 0.5) is 5.69 Å². The van der Waals surface area contributed by atoms with Crippen LogP contribution in [0.15, 0.2) is 23.6 Å². The highest BCUT2D eigenvalue weighted by molar-refractivity contribution is 7.15. The van der Waals surface area contributed by atoms with Crippen molar-refractivity contribution in [2.45, 2.75) is 13.3 Å². The number of anilines is 1. The second-order valence-electron chi connectivity index (χ2n) is 5.48. The summed E-state index contributed by atoms with van der Waals surface area (Å²) in [7, 11) is 0. The molecule has 0 fully saturated rings. The summed E-state index contributed by atoms with van der Waals surface area (Å²) in [4.78, 5) is 17.2. The van der Waals surface area contributed by atoms with Crippen molar-refractivity contribution in [1.82, 2.24) is 9.38 Å². The van der Waals surface area contributed by atoms with Crippen LogP contribution in [-0.2, 0) is 11.2 Å². The van der Waals surface area contributed by atoms with Crippen LogP contribution in [0.5, 0.6) is 5.75 Å². The number of hydrogen-bond acceptors (Lipinski definition) is 5. The molecule has 3 N–H and O–H groups in total. The van der Waals surface area contributed by atoms with Crippen molar-refractivity contribution in [3.05, 3.63) is 35.0 Å². The van der Waals surface area contributed by atoms with Crippen molar-refractivity contribution in [3.63, 3.8) is 0 Å². The van der Waals surface area contributed by atoms with Crippen molar-refractivity contribution in [2.24, 2.45) is 5.73 Å². The van der Waals surface area contributed by atoms with Crippen LogP contribution in [0.2, 0.25) is 0 Å². The lowest BCUT2D eigenvalue weighted by Gasteiger charge is -2.18. The Labute approximate surface area is 136 Å². The molecule has 0 radical (unpaired) electrons. The highest BCUT2D eigenvalue weighted by Gasteiger charge is 2.19. The molecular weight excluding hydrogens is 312 g/mol. The fraction of sp³-hybridized carbons (Fsp3) is 0.250. The monoisotopic (exact) mass is 328 g/mol. The van der Waals surface area contributed by atoms with Gasteiger partial charge in [-0.2, -0.15) is 0 Å². The van der Waals surface area contributed by atoms with Crippen LogP contribution in [0.3, 0.4) is 0 Å². The molecular formula is C16H16N4O2S. The van der Waals surface area contributed by atoms with Gasteiger partial charge in [-0.05, 0) is 31.7 Å². The number of aryl methyl sites for hydroxylation is 1. The summed E-state index contributed by atoms with van der Waals surface area (Å²) in [6, 6.07) is 5.75. The number of aromatic nitrogens is 2. The summed E-state index contributed by atoms with van der Waals surface area (Å²) in [5.74, 6) is 0.554. The SMILES string of the molecule is Cc1c(-c2ccc3c(c2)NC(=O)CO3)nc2scc(CCN)n12. The molecule has 0 aliphatic carbocycles. The number of ether oxygens (including phenoxy) is 1. The third-order valence-electron chi connectivity index (χ3n) is 3.95. The van der Waals surface area contributed by atoms with Gasteiger partial charge in [-0.15, -0.1) is 11.3 Å². The van der Waals surface area contributed by atoms with Gasteiger partial charge >= 0.3 is 0 Å². The number of carbonyl (C=O) groups is 1. The van der Waals surface area contributed by atoms with E-state index >= 15 is 0 Å². The molecule has 0 unspecified atom stereocenters.